The highest BCUT2D eigenvalue weighted by atomic mass is 19.2. The van der Waals surface area contributed by atoms with Gasteiger partial charge in [-0.25, -0.2) is 8.78 Å². The molecular formula is C16H25F2N3. The van der Waals surface area contributed by atoms with E-state index in [1.54, 1.807) is 6.07 Å². The molecule has 1 fully saturated rings. The lowest BCUT2D eigenvalue weighted by atomic mass is 10.1. The molecule has 1 aliphatic heterocycles. The molecule has 0 bridgehead atoms. The van der Waals surface area contributed by atoms with Gasteiger partial charge in [-0.15, -0.1) is 0 Å². The molecule has 0 aromatic heterocycles. The summed E-state index contributed by atoms with van der Waals surface area (Å²) in [5.41, 5.74) is 6.51. The van der Waals surface area contributed by atoms with Gasteiger partial charge in [-0.05, 0) is 49.7 Å². The Hall–Kier alpha value is -1.04. The molecule has 2 rings (SSSR count). The number of halogens is 2. The van der Waals surface area contributed by atoms with Crippen LogP contribution in [0.3, 0.4) is 0 Å². The predicted molar refractivity (Wildman–Crippen MR) is 80.9 cm³/mol. The number of rotatable bonds is 5. The minimum Gasteiger partial charge on any atom is -0.330 e. The highest BCUT2D eigenvalue weighted by Crippen LogP contribution is 2.13. The Morgan fingerprint density at radius 1 is 1.10 bits per heavy atom. The summed E-state index contributed by atoms with van der Waals surface area (Å²) in [5.74, 6) is -1.03. The van der Waals surface area contributed by atoms with Crippen LogP contribution in [0, 0.1) is 17.6 Å². The Bertz CT molecular complexity index is 453. The fraction of sp³-hybridized carbons (Fsp3) is 0.625. The van der Waals surface area contributed by atoms with E-state index in [1.807, 2.05) is 0 Å². The van der Waals surface area contributed by atoms with Gasteiger partial charge in [-0.3, -0.25) is 4.90 Å². The molecule has 0 amide bonds. The summed E-state index contributed by atoms with van der Waals surface area (Å²) in [6.07, 6.45) is 1.10. The molecule has 2 N–H and O–H groups in total. The molecule has 0 radical (unpaired) electrons. The SMILES string of the molecule is CC(CN)CN1CCCN(Cc2ccc(F)c(F)c2)CC1. The second kappa shape index (κ2) is 7.82. The molecule has 1 aromatic carbocycles. The average Bonchev–Trinajstić information content (AvgIpc) is 2.68. The van der Waals surface area contributed by atoms with E-state index in [9.17, 15) is 8.78 Å². The molecule has 1 heterocycles. The van der Waals surface area contributed by atoms with Crippen LogP contribution < -0.4 is 5.73 Å². The zero-order valence-electron chi connectivity index (χ0n) is 12.7. The third kappa shape index (κ3) is 5.02. The molecule has 5 heteroatoms. The first-order valence-electron chi connectivity index (χ1n) is 7.67. The van der Waals surface area contributed by atoms with Gasteiger partial charge in [0, 0.05) is 26.2 Å². The zero-order chi connectivity index (χ0) is 15.2. The summed E-state index contributed by atoms with van der Waals surface area (Å²) in [6, 6.07) is 4.17. The molecule has 0 saturated carbocycles. The molecular weight excluding hydrogens is 272 g/mol. The van der Waals surface area contributed by atoms with Gasteiger partial charge in [0.25, 0.3) is 0 Å². The Morgan fingerprint density at radius 2 is 1.81 bits per heavy atom. The van der Waals surface area contributed by atoms with E-state index in [2.05, 4.69) is 16.7 Å². The molecule has 1 aromatic rings. The summed E-state index contributed by atoms with van der Waals surface area (Å²) in [4.78, 5) is 4.75. The van der Waals surface area contributed by atoms with Crippen molar-refractivity contribution in [2.75, 3.05) is 39.3 Å². The second-order valence-corrected chi connectivity index (χ2v) is 6.02. The van der Waals surface area contributed by atoms with Crippen molar-refractivity contribution < 1.29 is 8.78 Å². The highest BCUT2D eigenvalue weighted by Gasteiger charge is 2.16. The number of hydrogen-bond donors (Lipinski definition) is 1. The van der Waals surface area contributed by atoms with Crippen molar-refractivity contribution in [3.63, 3.8) is 0 Å². The molecule has 1 atom stereocenters. The topological polar surface area (TPSA) is 32.5 Å². The van der Waals surface area contributed by atoms with E-state index in [4.69, 9.17) is 5.73 Å². The van der Waals surface area contributed by atoms with Gasteiger partial charge >= 0.3 is 0 Å². The first kappa shape index (κ1) is 16.3. The van der Waals surface area contributed by atoms with E-state index in [-0.39, 0.29) is 0 Å². The van der Waals surface area contributed by atoms with Gasteiger partial charge in [0.05, 0.1) is 0 Å². The summed E-state index contributed by atoms with van der Waals surface area (Å²) in [5, 5.41) is 0. The van der Waals surface area contributed by atoms with Crippen LogP contribution in [0.4, 0.5) is 8.78 Å². The Labute approximate surface area is 125 Å². The van der Waals surface area contributed by atoms with Gasteiger partial charge in [0.2, 0.25) is 0 Å². The maximum Gasteiger partial charge on any atom is 0.159 e. The second-order valence-electron chi connectivity index (χ2n) is 6.02. The maximum atomic E-state index is 13.2. The van der Waals surface area contributed by atoms with Crippen molar-refractivity contribution in [1.82, 2.24) is 9.80 Å². The van der Waals surface area contributed by atoms with Crippen molar-refractivity contribution in [1.29, 1.82) is 0 Å². The van der Waals surface area contributed by atoms with Crippen molar-refractivity contribution in [3.8, 4) is 0 Å². The molecule has 3 nitrogen and oxygen atoms in total. The Balaban J connectivity index is 1.86. The number of benzene rings is 1. The summed E-state index contributed by atoms with van der Waals surface area (Å²) in [6.45, 7) is 8.64. The molecule has 21 heavy (non-hydrogen) atoms. The number of hydrogen-bond acceptors (Lipinski definition) is 3. The Morgan fingerprint density at radius 3 is 2.52 bits per heavy atom. The van der Waals surface area contributed by atoms with Gasteiger partial charge in [-0.2, -0.15) is 0 Å². The monoisotopic (exact) mass is 297 g/mol. The van der Waals surface area contributed by atoms with Gasteiger partial charge in [0.15, 0.2) is 11.6 Å². The molecule has 0 aliphatic carbocycles. The van der Waals surface area contributed by atoms with Crippen molar-refractivity contribution >= 4 is 0 Å². The summed E-state index contributed by atoms with van der Waals surface area (Å²) >= 11 is 0. The van der Waals surface area contributed by atoms with Crippen molar-refractivity contribution in [2.45, 2.75) is 19.9 Å². The van der Waals surface area contributed by atoms with E-state index in [0.717, 1.165) is 51.3 Å². The summed E-state index contributed by atoms with van der Waals surface area (Å²) < 4.78 is 26.2. The van der Waals surface area contributed by atoms with Crippen LogP contribution in [0.25, 0.3) is 0 Å². The zero-order valence-corrected chi connectivity index (χ0v) is 12.7. The lowest BCUT2D eigenvalue weighted by Gasteiger charge is -2.24. The average molecular weight is 297 g/mol. The number of nitrogens with zero attached hydrogens (tertiary/aromatic N) is 2. The van der Waals surface area contributed by atoms with E-state index < -0.39 is 11.6 Å². The highest BCUT2D eigenvalue weighted by molar-refractivity contribution is 5.17. The van der Waals surface area contributed by atoms with Crippen LogP contribution in [0.2, 0.25) is 0 Å². The third-order valence-corrected chi connectivity index (χ3v) is 4.04. The standard InChI is InChI=1S/C16H25F2N3/c1-13(10-19)11-20-5-2-6-21(8-7-20)12-14-3-4-15(17)16(18)9-14/h3-4,9,13H,2,5-8,10-12,19H2,1H3. The lowest BCUT2D eigenvalue weighted by molar-refractivity contribution is 0.232. The Kier molecular flexibility index (Phi) is 6.08. The fourth-order valence-corrected chi connectivity index (χ4v) is 2.78. The lowest BCUT2D eigenvalue weighted by Crippen LogP contribution is -2.35. The first-order chi connectivity index (χ1) is 10.1. The van der Waals surface area contributed by atoms with Crippen molar-refractivity contribution in [3.05, 3.63) is 35.4 Å². The van der Waals surface area contributed by atoms with Gasteiger partial charge in [0.1, 0.15) is 0 Å². The quantitative estimate of drug-likeness (QED) is 0.903. The van der Waals surface area contributed by atoms with E-state index in [1.165, 1.54) is 12.1 Å². The molecule has 1 saturated heterocycles. The van der Waals surface area contributed by atoms with Crippen LogP contribution in [-0.4, -0.2) is 49.1 Å². The van der Waals surface area contributed by atoms with Crippen LogP contribution in [0.1, 0.15) is 18.9 Å². The molecule has 1 unspecified atom stereocenters. The normalized spacial score (nSPS) is 19.4. The smallest absolute Gasteiger partial charge is 0.159 e. The maximum absolute atomic E-state index is 13.2. The van der Waals surface area contributed by atoms with Crippen LogP contribution in [0.15, 0.2) is 18.2 Å². The van der Waals surface area contributed by atoms with E-state index in [0.29, 0.717) is 12.5 Å². The van der Waals surface area contributed by atoms with Crippen LogP contribution in [0.5, 0.6) is 0 Å². The summed E-state index contributed by atoms with van der Waals surface area (Å²) in [7, 11) is 0. The minimum atomic E-state index is -0.781. The van der Waals surface area contributed by atoms with Gasteiger partial charge in [-0.1, -0.05) is 13.0 Å². The molecule has 1 aliphatic rings. The number of nitrogens with two attached hydrogens (primary N) is 1. The van der Waals surface area contributed by atoms with Crippen LogP contribution >= 0.6 is 0 Å². The van der Waals surface area contributed by atoms with Crippen molar-refractivity contribution in [2.24, 2.45) is 11.7 Å². The fourth-order valence-electron chi connectivity index (χ4n) is 2.78. The largest absolute Gasteiger partial charge is 0.330 e. The van der Waals surface area contributed by atoms with E-state index >= 15 is 0 Å². The van der Waals surface area contributed by atoms with Gasteiger partial charge < -0.3 is 10.6 Å². The molecule has 118 valence electrons. The third-order valence-electron chi connectivity index (χ3n) is 4.04. The predicted octanol–water partition coefficient (Wildman–Crippen LogP) is 2.07. The molecule has 0 spiro atoms. The van der Waals surface area contributed by atoms with Crippen LogP contribution in [-0.2, 0) is 6.54 Å². The minimum absolute atomic E-state index is 0.516. The first-order valence-corrected chi connectivity index (χ1v) is 7.67.